The van der Waals surface area contributed by atoms with Crippen molar-refractivity contribution < 1.29 is 9.84 Å². The molecule has 0 radical (unpaired) electrons. The smallest absolute Gasteiger partial charge is 0.161 e. The second kappa shape index (κ2) is 6.99. The summed E-state index contributed by atoms with van der Waals surface area (Å²) in [5.41, 5.74) is 3.09. The Morgan fingerprint density at radius 3 is 2.75 bits per heavy atom. The van der Waals surface area contributed by atoms with Crippen LogP contribution in [0.3, 0.4) is 0 Å². The molecule has 0 unspecified atom stereocenters. The molecule has 5 heteroatoms. The van der Waals surface area contributed by atoms with Crippen LogP contribution in [0.2, 0.25) is 0 Å². The van der Waals surface area contributed by atoms with Gasteiger partial charge in [-0.15, -0.1) is 11.3 Å². The van der Waals surface area contributed by atoms with Gasteiger partial charge in [-0.2, -0.15) is 5.26 Å². The zero-order valence-electron chi connectivity index (χ0n) is 12.9. The number of aromatic nitrogens is 1. The summed E-state index contributed by atoms with van der Waals surface area (Å²) < 4.78 is 5.09. The Morgan fingerprint density at radius 1 is 1.25 bits per heavy atom. The van der Waals surface area contributed by atoms with Gasteiger partial charge in [0.25, 0.3) is 0 Å². The Hall–Kier alpha value is -3.10. The number of rotatable bonds is 4. The van der Waals surface area contributed by atoms with Crippen molar-refractivity contribution in [1.29, 1.82) is 5.26 Å². The lowest BCUT2D eigenvalue weighted by Crippen LogP contribution is -1.86. The van der Waals surface area contributed by atoms with Gasteiger partial charge in [0, 0.05) is 10.9 Å². The Balaban J connectivity index is 1.95. The number of aromatic hydroxyl groups is 1. The molecule has 0 fully saturated rings. The van der Waals surface area contributed by atoms with E-state index in [1.165, 1.54) is 24.5 Å². The van der Waals surface area contributed by atoms with Gasteiger partial charge >= 0.3 is 0 Å². The Morgan fingerprint density at radius 2 is 2.04 bits per heavy atom. The van der Waals surface area contributed by atoms with Crippen LogP contribution in [0.1, 0.15) is 10.6 Å². The molecular formula is C19H14N2O2S. The van der Waals surface area contributed by atoms with Crippen molar-refractivity contribution in [3.05, 3.63) is 64.5 Å². The highest BCUT2D eigenvalue weighted by Gasteiger charge is 2.10. The number of ether oxygens (including phenoxy) is 1. The summed E-state index contributed by atoms with van der Waals surface area (Å²) >= 11 is 1.43. The Labute approximate surface area is 143 Å². The van der Waals surface area contributed by atoms with Crippen LogP contribution < -0.4 is 4.74 Å². The van der Waals surface area contributed by atoms with Crippen molar-refractivity contribution in [2.45, 2.75) is 0 Å². The molecule has 3 rings (SSSR count). The van der Waals surface area contributed by atoms with Gasteiger partial charge in [0.15, 0.2) is 11.5 Å². The molecule has 1 N–H and O–H groups in total. The molecular weight excluding hydrogens is 320 g/mol. The summed E-state index contributed by atoms with van der Waals surface area (Å²) in [6.07, 6.45) is 1.73. The molecule has 3 aromatic rings. The highest BCUT2D eigenvalue weighted by Crippen LogP contribution is 2.30. The van der Waals surface area contributed by atoms with E-state index in [4.69, 9.17) is 4.74 Å². The maximum Gasteiger partial charge on any atom is 0.161 e. The van der Waals surface area contributed by atoms with E-state index in [0.29, 0.717) is 16.3 Å². The van der Waals surface area contributed by atoms with Crippen molar-refractivity contribution in [1.82, 2.24) is 4.98 Å². The Kier molecular flexibility index (Phi) is 4.59. The molecule has 0 atom stereocenters. The number of phenols is 1. The number of benzene rings is 2. The predicted molar refractivity (Wildman–Crippen MR) is 95.7 cm³/mol. The third-order valence-corrected chi connectivity index (χ3v) is 4.31. The first kappa shape index (κ1) is 15.8. The van der Waals surface area contributed by atoms with E-state index < -0.39 is 0 Å². The first-order valence-corrected chi connectivity index (χ1v) is 8.09. The molecule has 0 aliphatic carbocycles. The minimum atomic E-state index is 0.0637. The number of phenolic OH excluding ortho intramolecular Hbond substituents is 1. The molecule has 24 heavy (non-hydrogen) atoms. The monoisotopic (exact) mass is 334 g/mol. The first-order valence-electron chi connectivity index (χ1n) is 7.21. The number of hydrogen-bond donors (Lipinski definition) is 1. The van der Waals surface area contributed by atoms with Gasteiger partial charge in [-0.25, -0.2) is 4.98 Å². The largest absolute Gasteiger partial charge is 0.504 e. The number of thiazole rings is 1. The third-order valence-electron chi connectivity index (χ3n) is 3.44. The fourth-order valence-corrected chi connectivity index (χ4v) is 3.03. The average Bonchev–Trinajstić information content (AvgIpc) is 3.11. The van der Waals surface area contributed by atoms with Crippen LogP contribution in [0, 0.1) is 11.3 Å². The van der Waals surface area contributed by atoms with Crippen LogP contribution >= 0.6 is 11.3 Å². The van der Waals surface area contributed by atoms with E-state index >= 15 is 0 Å². The molecule has 4 nitrogen and oxygen atoms in total. The van der Waals surface area contributed by atoms with E-state index in [9.17, 15) is 10.4 Å². The lowest BCUT2D eigenvalue weighted by Gasteiger charge is -2.04. The van der Waals surface area contributed by atoms with Crippen LogP contribution in [0.15, 0.2) is 53.9 Å². The van der Waals surface area contributed by atoms with Crippen LogP contribution in [-0.2, 0) is 0 Å². The van der Waals surface area contributed by atoms with Gasteiger partial charge < -0.3 is 9.84 Å². The lowest BCUT2D eigenvalue weighted by atomic mass is 10.1. The number of methoxy groups -OCH3 is 1. The van der Waals surface area contributed by atoms with Gasteiger partial charge in [0.2, 0.25) is 0 Å². The number of hydrogen-bond acceptors (Lipinski definition) is 5. The molecule has 0 aliphatic heterocycles. The normalized spacial score (nSPS) is 11.1. The summed E-state index contributed by atoms with van der Waals surface area (Å²) in [6.45, 7) is 0. The fourth-order valence-electron chi connectivity index (χ4n) is 2.23. The second-order valence-electron chi connectivity index (χ2n) is 5.01. The molecule has 1 aromatic heterocycles. The molecule has 0 bridgehead atoms. The van der Waals surface area contributed by atoms with Crippen LogP contribution in [0.4, 0.5) is 0 Å². The van der Waals surface area contributed by atoms with Gasteiger partial charge in [-0.1, -0.05) is 36.4 Å². The van der Waals surface area contributed by atoms with Crippen molar-refractivity contribution in [2.75, 3.05) is 7.11 Å². The number of nitriles is 1. The SMILES string of the molecule is COc1cc(/C=C(/C#N)c2nc(-c3ccccc3)cs2)ccc1O. The summed E-state index contributed by atoms with van der Waals surface area (Å²) in [7, 11) is 1.49. The van der Waals surface area contributed by atoms with Crippen LogP contribution in [0.25, 0.3) is 22.9 Å². The molecule has 1 heterocycles. The van der Waals surface area contributed by atoms with E-state index in [-0.39, 0.29) is 5.75 Å². The highest BCUT2D eigenvalue weighted by atomic mass is 32.1. The first-order chi connectivity index (χ1) is 11.7. The van der Waals surface area contributed by atoms with Gasteiger partial charge in [0.05, 0.1) is 18.4 Å². The summed E-state index contributed by atoms with van der Waals surface area (Å²) in [6, 6.07) is 17.0. The highest BCUT2D eigenvalue weighted by molar-refractivity contribution is 7.11. The standard InChI is InChI=1S/C19H14N2O2S/c1-23-18-10-13(7-8-17(18)22)9-15(11-20)19-21-16(12-24-19)14-5-3-2-4-6-14/h2-10,12,22H,1H3/b15-9-. The maximum atomic E-state index is 9.65. The van der Waals surface area contributed by atoms with E-state index in [1.54, 1.807) is 18.2 Å². The van der Waals surface area contributed by atoms with Crippen molar-refractivity contribution in [3.63, 3.8) is 0 Å². The summed E-state index contributed by atoms with van der Waals surface area (Å²) in [4.78, 5) is 4.56. The minimum Gasteiger partial charge on any atom is -0.504 e. The van der Waals surface area contributed by atoms with Gasteiger partial charge in [0.1, 0.15) is 11.1 Å². The van der Waals surface area contributed by atoms with E-state index in [2.05, 4.69) is 11.1 Å². The molecule has 0 aliphatic rings. The second-order valence-corrected chi connectivity index (χ2v) is 5.86. The molecule has 0 amide bonds. The lowest BCUT2D eigenvalue weighted by molar-refractivity contribution is 0.373. The predicted octanol–water partition coefficient (Wildman–Crippen LogP) is 4.59. The number of allylic oxidation sites excluding steroid dienone is 1. The molecule has 0 saturated carbocycles. The Bertz CT molecular complexity index is 924. The third kappa shape index (κ3) is 3.29. The zero-order valence-corrected chi connectivity index (χ0v) is 13.7. The average molecular weight is 334 g/mol. The van der Waals surface area contributed by atoms with E-state index in [0.717, 1.165) is 16.8 Å². The minimum absolute atomic E-state index is 0.0637. The van der Waals surface area contributed by atoms with Gasteiger partial charge in [-0.3, -0.25) is 0 Å². The summed E-state index contributed by atoms with van der Waals surface area (Å²) in [5, 5.41) is 21.7. The van der Waals surface area contributed by atoms with Crippen molar-refractivity contribution in [2.24, 2.45) is 0 Å². The topological polar surface area (TPSA) is 66.1 Å². The molecule has 0 spiro atoms. The fraction of sp³-hybridized carbons (Fsp3) is 0.0526. The maximum absolute atomic E-state index is 9.65. The van der Waals surface area contributed by atoms with E-state index in [1.807, 2.05) is 35.7 Å². The molecule has 0 saturated heterocycles. The van der Waals surface area contributed by atoms with Crippen LogP contribution in [0.5, 0.6) is 11.5 Å². The number of nitrogens with zero attached hydrogens (tertiary/aromatic N) is 2. The summed E-state index contributed by atoms with van der Waals surface area (Å²) in [5.74, 6) is 0.430. The zero-order chi connectivity index (χ0) is 16.9. The molecule has 2 aromatic carbocycles. The van der Waals surface area contributed by atoms with Gasteiger partial charge in [-0.05, 0) is 23.8 Å². The van der Waals surface area contributed by atoms with Crippen LogP contribution in [-0.4, -0.2) is 17.2 Å². The quantitative estimate of drug-likeness (QED) is 0.709. The van der Waals surface area contributed by atoms with Crippen molar-refractivity contribution in [3.8, 4) is 28.8 Å². The van der Waals surface area contributed by atoms with Crippen molar-refractivity contribution >= 4 is 23.0 Å². The molecule has 118 valence electrons.